The average molecular weight is 272 g/mol. The predicted molar refractivity (Wildman–Crippen MR) is 63.5 cm³/mol. The third-order valence-corrected chi connectivity index (χ3v) is 5.34. The summed E-state index contributed by atoms with van der Waals surface area (Å²) >= 11 is 5.95. The Morgan fingerprint density at radius 3 is 2.65 bits per heavy atom. The summed E-state index contributed by atoms with van der Waals surface area (Å²) in [6.07, 6.45) is 2.83. The van der Waals surface area contributed by atoms with Gasteiger partial charge in [-0.2, -0.15) is 0 Å². The van der Waals surface area contributed by atoms with Gasteiger partial charge in [0.05, 0.1) is 21.7 Å². The Balaban J connectivity index is 2.34. The van der Waals surface area contributed by atoms with Gasteiger partial charge in [0.25, 0.3) is 0 Å². The molecule has 6 heteroatoms. The Morgan fingerprint density at radius 1 is 1.41 bits per heavy atom. The quantitative estimate of drug-likeness (QED) is 0.622. The van der Waals surface area contributed by atoms with Gasteiger partial charge >= 0.3 is 0 Å². The van der Waals surface area contributed by atoms with Gasteiger partial charge in [0, 0.05) is 0 Å². The standard InChI is InChI=1S/C11H10ClNO3S/c12-10-5-8(6-13-7-14)1-4-11(10)17(15,16)9-2-3-9/h1,4-5,9H,2-3,6H2. The maximum Gasteiger partial charge on any atom is 0.235 e. The predicted octanol–water partition coefficient (Wildman–Crippen LogP) is 2.11. The van der Waals surface area contributed by atoms with Crippen molar-refractivity contribution in [3.05, 3.63) is 28.8 Å². The molecule has 0 unspecified atom stereocenters. The summed E-state index contributed by atoms with van der Waals surface area (Å²) in [5.41, 5.74) is 0.688. The Kier molecular flexibility index (Phi) is 3.33. The molecule has 0 aliphatic heterocycles. The van der Waals surface area contributed by atoms with Crippen molar-refractivity contribution in [2.45, 2.75) is 29.5 Å². The van der Waals surface area contributed by atoms with Crippen LogP contribution >= 0.6 is 11.6 Å². The van der Waals surface area contributed by atoms with Crippen molar-refractivity contribution >= 4 is 27.5 Å². The maximum atomic E-state index is 12.0. The number of benzene rings is 1. The first-order chi connectivity index (χ1) is 8.05. The first-order valence-electron chi connectivity index (χ1n) is 5.11. The van der Waals surface area contributed by atoms with Crippen LogP contribution < -0.4 is 0 Å². The highest BCUT2D eigenvalue weighted by Gasteiger charge is 2.37. The van der Waals surface area contributed by atoms with Crippen LogP contribution in [-0.4, -0.2) is 19.7 Å². The molecule has 2 rings (SSSR count). The molecule has 0 bridgehead atoms. The fourth-order valence-electron chi connectivity index (χ4n) is 1.55. The summed E-state index contributed by atoms with van der Waals surface area (Å²) in [7, 11) is -3.27. The van der Waals surface area contributed by atoms with Crippen LogP contribution in [0.3, 0.4) is 0 Å². The summed E-state index contributed by atoms with van der Waals surface area (Å²) in [5.74, 6) is 0. The molecule has 0 aromatic heterocycles. The van der Waals surface area contributed by atoms with E-state index < -0.39 is 9.84 Å². The Hall–Kier alpha value is -1.16. The molecule has 0 saturated heterocycles. The van der Waals surface area contributed by atoms with E-state index in [1.807, 2.05) is 0 Å². The molecule has 0 atom stereocenters. The molecule has 1 saturated carbocycles. The second kappa shape index (κ2) is 4.61. The topological polar surface area (TPSA) is 63.6 Å². The van der Waals surface area contributed by atoms with Gasteiger partial charge in [-0.05, 0) is 30.5 Å². The third kappa shape index (κ3) is 2.57. The van der Waals surface area contributed by atoms with Crippen molar-refractivity contribution in [3.8, 4) is 0 Å². The normalized spacial score (nSPS) is 15.4. The van der Waals surface area contributed by atoms with Crippen molar-refractivity contribution in [2.75, 3.05) is 0 Å². The van der Waals surface area contributed by atoms with Crippen molar-refractivity contribution in [2.24, 2.45) is 4.99 Å². The minimum Gasteiger partial charge on any atom is -0.223 e. The molecule has 0 heterocycles. The zero-order valence-electron chi connectivity index (χ0n) is 8.89. The van der Waals surface area contributed by atoms with Crippen molar-refractivity contribution in [1.29, 1.82) is 0 Å². The summed E-state index contributed by atoms with van der Waals surface area (Å²) in [6.45, 7) is 0.160. The van der Waals surface area contributed by atoms with Crippen LogP contribution in [0.1, 0.15) is 18.4 Å². The van der Waals surface area contributed by atoms with E-state index in [0.29, 0.717) is 18.4 Å². The molecule has 17 heavy (non-hydrogen) atoms. The molecule has 1 aromatic rings. The molecule has 1 aromatic carbocycles. The Labute approximate surface area is 104 Å². The molecule has 0 spiro atoms. The van der Waals surface area contributed by atoms with Gasteiger partial charge in [-0.15, -0.1) is 0 Å². The lowest BCUT2D eigenvalue weighted by Gasteiger charge is -2.06. The van der Waals surface area contributed by atoms with Crippen LogP contribution in [0.15, 0.2) is 28.1 Å². The number of hydrogen-bond donors (Lipinski definition) is 0. The molecule has 1 fully saturated rings. The lowest BCUT2D eigenvalue weighted by molar-refractivity contribution is 0.562. The Bertz CT molecular complexity index is 587. The van der Waals surface area contributed by atoms with Gasteiger partial charge in [0.2, 0.25) is 6.08 Å². The van der Waals surface area contributed by atoms with Gasteiger partial charge in [-0.25, -0.2) is 18.2 Å². The monoisotopic (exact) mass is 271 g/mol. The van der Waals surface area contributed by atoms with Crippen molar-refractivity contribution < 1.29 is 13.2 Å². The van der Waals surface area contributed by atoms with Crippen LogP contribution in [0.5, 0.6) is 0 Å². The zero-order valence-corrected chi connectivity index (χ0v) is 10.5. The highest BCUT2D eigenvalue weighted by Crippen LogP contribution is 2.36. The molecule has 90 valence electrons. The molecule has 1 aliphatic carbocycles. The van der Waals surface area contributed by atoms with Gasteiger partial charge in [0.1, 0.15) is 0 Å². The highest BCUT2D eigenvalue weighted by atomic mass is 35.5. The second-order valence-corrected chi connectivity index (χ2v) is 6.52. The lowest BCUT2D eigenvalue weighted by atomic mass is 10.2. The van der Waals surface area contributed by atoms with E-state index in [1.165, 1.54) is 18.2 Å². The van der Waals surface area contributed by atoms with Crippen molar-refractivity contribution in [3.63, 3.8) is 0 Å². The number of carbonyl (C=O) groups excluding carboxylic acids is 1. The van der Waals surface area contributed by atoms with Crippen LogP contribution in [0.25, 0.3) is 0 Å². The number of hydrogen-bond acceptors (Lipinski definition) is 4. The first kappa shape index (κ1) is 12.3. The minimum absolute atomic E-state index is 0.160. The first-order valence-corrected chi connectivity index (χ1v) is 7.04. The van der Waals surface area contributed by atoms with Gasteiger partial charge in [-0.3, -0.25) is 0 Å². The number of nitrogens with zero attached hydrogens (tertiary/aromatic N) is 1. The summed E-state index contributed by atoms with van der Waals surface area (Å²) in [4.78, 5) is 13.5. The number of rotatable bonds is 4. The van der Waals surface area contributed by atoms with Crippen LogP contribution in [0.2, 0.25) is 5.02 Å². The van der Waals surface area contributed by atoms with E-state index >= 15 is 0 Å². The fourth-order valence-corrected chi connectivity index (χ4v) is 3.78. The summed E-state index contributed by atoms with van der Waals surface area (Å²) in [5, 5.41) is -0.0886. The third-order valence-electron chi connectivity index (χ3n) is 2.59. The van der Waals surface area contributed by atoms with Crippen molar-refractivity contribution in [1.82, 2.24) is 0 Å². The molecule has 0 radical (unpaired) electrons. The summed E-state index contributed by atoms with van der Waals surface area (Å²) in [6, 6.07) is 4.62. The largest absolute Gasteiger partial charge is 0.235 e. The SMILES string of the molecule is O=C=NCc1ccc(S(=O)(=O)C2CC2)c(Cl)c1. The Morgan fingerprint density at radius 2 is 2.12 bits per heavy atom. The molecular formula is C11H10ClNO3S. The van der Waals surface area contributed by atoms with Crippen LogP contribution in [0, 0.1) is 0 Å². The smallest absolute Gasteiger partial charge is 0.223 e. The highest BCUT2D eigenvalue weighted by molar-refractivity contribution is 7.92. The average Bonchev–Trinajstić information content (AvgIpc) is 3.10. The van der Waals surface area contributed by atoms with E-state index in [2.05, 4.69) is 4.99 Å². The lowest BCUT2D eigenvalue weighted by Crippen LogP contribution is -2.07. The maximum absolute atomic E-state index is 12.0. The number of isocyanates is 1. The molecule has 1 aliphatic rings. The minimum atomic E-state index is -3.27. The molecular weight excluding hydrogens is 262 g/mol. The fraction of sp³-hybridized carbons (Fsp3) is 0.364. The van der Waals surface area contributed by atoms with E-state index in [-0.39, 0.29) is 21.7 Å². The van der Waals surface area contributed by atoms with E-state index in [9.17, 15) is 13.2 Å². The zero-order chi connectivity index (χ0) is 12.5. The van der Waals surface area contributed by atoms with E-state index in [4.69, 9.17) is 11.6 Å². The number of aliphatic imine (C=N–C) groups is 1. The molecule has 0 amide bonds. The van der Waals surface area contributed by atoms with Gasteiger partial charge in [0.15, 0.2) is 9.84 Å². The number of sulfone groups is 1. The summed E-state index contributed by atoms with van der Waals surface area (Å²) < 4.78 is 23.9. The van der Waals surface area contributed by atoms with E-state index in [1.54, 1.807) is 6.07 Å². The number of halogens is 1. The van der Waals surface area contributed by atoms with Gasteiger partial charge in [-0.1, -0.05) is 17.7 Å². The van der Waals surface area contributed by atoms with Crippen LogP contribution in [0.4, 0.5) is 0 Å². The molecule has 0 N–H and O–H groups in total. The van der Waals surface area contributed by atoms with E-state index in [0.717, 1.165) is 0 Å². The van der Waals surface area contributed by atoms with Gasteiger partial charge < -0.3 is 0 Å². The second-order valence-electron chi connectivity index (χ2n) is 3.92. The molecule has 4 nitrogen and oxygen atoms in total. The van der Waals surface area contributed by atoms with Crippen LogP contribution in [-0.2, 0) is 21.2 Å².